The van der Waals surface area contributed by atoms with Crippen LogP contribution in [0.1, 0.15) is 29.3 Å². The summed E-state index contributed by atoms with van der Waals surface area (Å²) in [5.41, 5.74) is 2.17. The Balaban J connectivity index is 1.72. The Morgan fingerprint density at radius 2 is 2.21 bits per heavy atom. The second-order valence-corrected chi connectivity index (χ2v) is 5.75. The number of nitrogens with one attached hydrogen (secondary N) is 2. The third-order valence-corrected chi connectivity index (χ3v) is 4.53. The number of thiophene rings is 1. The van der Waals surface area contributed by atoms with Crippen molar-refractivity contribution in [1.29, 1.82) is 0 Å². The largest absolute Gasteiger partial charge is 0.384 e. The van der Waals surface area contributed by atoms with Crippen molar-refractivity contribution in [2.24, 2.45) is 0 Å². The van der Waals surface area contributed by atoms with Crippen LogP contribution >= 0.6 is 11.3 Å². The minimum absolute atomic E-state index is 0.0697. The van der Waals surface area contributed by atoms with Gasteiger partial charge in [-0.15, -0.1) is 11.3 Å². The molecule has 2 N–H and O–H groups in total. The van der Waals surface area contributed by atoms with Crippen molar-refractivity contribution in [2.45, 2.75) is 18.9 Å². The maximum atomic E-state index is 12.4. The van der Waals surface area contributed by atoms with Gasteiger partial charge in [0.15, 0.2) is 0 Å². The average molecular weight is 272 g/mol. The summed E-state index contributed by atoms with van der Waals surface area (Å²) >= 11 is 1.67. The lowest BCUT2D eigenvalue weighted by Gasteiger charge is -2.16. The molecule has 98 valence electrons. The van der Waals surface area contributed by atoms with Gasteiger partial charge < -0.3 is 10.6 Å². The van der Waals surface area contributed by atoms with E-state index in [1.165, 1.54) is 4.88 Å². The van der Waals surface area contributed by atoms with Gasteiger partial charge >= 0.3 is 0 Å². The van der Waals surface area contributed by atoms with E-state index in [1.54, 1.807) is 11.3 Å². The first kappa shape index (κ1) is 12.2. The molecule has 1 aromatic carbocycles. The highest BCUT2D eigenvalue weighted by atomic mass is 32.1. The molecule has 1 aliphatic rings. The Morgan fingerprint density at radius 3 is 3.00 bits per heavy atom. The Bertz CT molecular complexity index is 580. The lowest BCUT2D eigenvalue weighted by molar-refractivity contribution is -0.122. The Kier molecular flexibility index (Phi) is 3.25. The van der Waals surface area contributed by atoms with E-state index in [0.29, 0.717) is 6.54 Å². The van der Waals surface area contributed by atoms with E-state index >= 15 is 0 Å². The molecule has 3 nitrogen and oxygen atoms in total. The molecule has 0 spiro atoms. The molecule has 1 aliphatic heterocycles. The molecule has 1 aromatic heterocycles. The summed E-state index contributed by atoms with van der Waals surface area (Å²) in [5.74, 6) is 0.0111. The van der Waals surface area contributed by atoms with Crippen molar-refractivity contribution in [3.63, 3.8) is 0 Å². The Morgan fingerprint density at radius 1 is 1.37 bits per heavy atom. The fourth-order valence-electron chi connectivity index (χ4n) is 2.44. The molecule has 0 bridgehead atoms. The number of para-hydroxylation sites is 1. The summed E-state index contributed by atoms with van der Waals surface area (Å²) in [6.45, 7) is 2.71. The van der Waals surface area contributed by atoms with Crippen LogP contribution in [0.4, 0.5) is 5.69 Å². The highest BCUT2D eigenvalue weighted by Crippen LogP contribution is 2.31. The lowest BCUT2D eigenvalue weighted by Crippen LogP contribution is -2.32. The van der Waals surface area contributed by atoms with Crippen LogP contribution in [0.25, 0.3) is 0 Å². The van der Waals surface area contributed by atoms with Gasteiger partial charge in [0, 0.05) is 17.1 Å². The predicted molar refractivity (Wildman–Crippen MR) is 78.5 cm³/mol. The molecular weight excluding hydrogens is 256 g/mol. The van der Waals surface area contributed by atoms with Gasteiger partial charge in [0.1, 0.15) is 0 Å². The number of carbonyl (C=O) groups is 1. The van der Waals surface area contributed by atoms with Crippen molar-refractivity contribution >= 4 is 22.9 Å². The minimum Gasteiger partial charge on any atom is -0.384 e. The first-order chi connectivity index (χ1) is 9.25. The number of anilines is 1. The molecule has 2 heterocycles. The number of fused-ring (bicyclic) bond motifs is 1. The number of amides is 1. The van der Waals surface area contributed by atoms with E-state index in [1.807, 2.05) is 42.6 Å². The number of rotatable bonds is 3. The molecule has 19 heavy (non-hydrogen) atoms. The van der Waals surface area contributed by atoms with Crippen molar-refractivity contribution in [3.05, 3.63) is 52.2 Å². The summed E-state index contributed by atoms with van der Waals surface area (Å²) in [6, 6.07) is 12.1. The molecule has 2 atom stereocenters. The maximum absolute atomic E-state index is 12.4. The van der Waals surface area contributed by atoms with Gasteiger partial charge in [-0.05, 0) is 30.0 Å². The third-order valence-electron chi connectivity index (χ3n) is 3.48. The summed E-state index contributed by atoms with van der Waals surface area (Å²) in [4.78, 5) is 13.6. The molecule has 0 radical (unpaired) electrons. The van der Waals surface area contributed by atoms with E-state index in [0.717, 1.165) is 11.3 Å². The summed E-state index contributed by atoms with van der Waals surface area (Å²) in [5, 5.41) is 8.41. The van der Waals surface area contributed by atoms with Crippen LogP contribution < -0.4 is 10.6 Å². The monoisotopic (exact) mass is 272 g/mol. The average Bonchev–Trinajstić information content (AvgIpc) is 3.08. The fourth-order valence-corrected chi connectivity index (χ4v) is 3.17. The zero-order chi connectivity index (χ0) is 13.2. The van der Waals surface area contributed by atoms with E-state index < -0.39 is 0 Å². The van der Waals surface area contributed by atoms with E-state index in [4.69, 9.17) is 0 Å². The van der Waals surface area contributed by atoms with Gasteiger partial charge in [-0.2, -0.15) is 0 Å². The predicted octanol–water partition coefficient (Wildman–Crippen LogP) is 3.13. The minimum atomic E-state index is -0.0846. The summed E-state index contributed by atoms with van der Waals surface area (Å²) in [7, 11) is 0. The van der Waals surface area contributed by atoms with Crippen molar-refractivity contribution < 1.29 is 4.79 Å². The van der Waals surface area contributed by atoms with Gasteiger partial charge in [-0.1, -0.05) is 24.3 Å². The van der Waals surface area contributed by atoms with Crippen molar-refractivity contribution in [3.8, 4) is 0 Å². The quantitative estimate of drug-likeness (QED) is 0.901. The molecule has 4 heteroatoms. The topological polar surface area (TPSA) is 41.1 Å². The van der Waals surface area contributed by atoms with Crippen LogP contribution in [0.5, 0.6) is 0 Å². The molecule has 0 aliphatic carbocycles. The van der Waals surface area contributed by atoms with Crippen molar-refractivity contribution in [1.82, 2.24) is 5.32 Å². The van der Waals surface area contributed by atoms with Gasteiger partial charge in [0.25, 0.3) is 0 Å². The number of benzene rings is 1. The van der Waals surface area contributed by atoms with Gasteiger partial charge in [-0.3, -0.25) is 4.79 Å². The summed E-state index contributed by atoms with van der Waals surface area (Å²) in [6.07, 6.45) is 0. The molecule has 3 rings (SSSR count). The molecule has 2 aromatic rings. The molecule has 0 saturated heterocycles. The van der Waals surface area contributed by atoms with Gasteiger partial charge in [-0.25, -0.2) is 0 Å². The second-order valence-electron chi connectivity index (χ2n) is 4.77. The van der Waals surface area contributed by atoms with Crippen LogP contribution in [0, 0.1) is 0 Å². The Labute approximate surface area is 116 Å². The van der Waals surface area contributed by atoms with E-state index in [9.17, 15) is 4.79 Å². The molecule has 2 unspecified atom stereocenters. The summed E-state index contributed by atoms with van der Waals surface area (Å²) < 4.78 is 0. The number of carbonyl (C=O) groups excluding carboxylic acids is 1. The number of hydrogen-bond acceptors (Lipinski definition) is 3. The molecule has 1 amide bonds. The smallest absolute Gasteiger partial charge is 0.229 e. The van der Waals surface area contributed by atoms with Crippen LogP contribution in [-0.2, 0) is 4.79 Å². The molecule has 0 fully saturated rings. The zero-order valence-electron chi connectivity index (χ0n) is 10.7. The number of hydrogen-bond donors (Lipinski definition) is 2. The highest BCUT2D eigenvalue weighted by Gasteiger charge is 2.28. The maximum Gasteiger partial charge on any atom is 0.229 e. The fraction of sp³-hybridized carbons (Fsp3) is 0.267. The standard InChI is InChI=1S/C15H16N2OS/c1-10(14-7-4-8-19-14)17-15(18)12-9-16-13-6-3-2-5-11(12)13/h2-8,10,12,16H,9H2,1H3,(H,17,18). The van der Waals surface area contributed by atoms with Gasteiger partial charge in [0.2, 0.25) is 5.91 Å². The van der Waals surface area contributed by atoms with Crippen LogP contribution in [-0.4, -0.2) is 12.5 Å². The van der Waals surface area contributed by atoms with E-state index in [2.05, 4.69) is 16.7 Å². The van der Waals surface area contributed by atoms with E-state index in [-0.39, 0.29) is 17.9 Å². The van der Waals surface area contributed by atoms with Crippen molar-refractivity contribution in [2.75, 3.05) is 11.9 Å². The van der Waals surface area contributed by atoms with Crippen LogP contribution in [0.3, 0.4) is 0 Å². The normalized spacial score (nSPS) is 18.5. The first-order valence-corrected chi connectivity index (χ1v) is 7.30. The Hall–Kier alpha value is -1.81. The highest BCUT2D eigenvalue weighted by molar-refractivity contribution is 7.10. The van der Waals surface area contributed by atoms with Gasteiger partial charge in [0.05, 0.1) is 12.0 Å². The third kappa shape index (κ3) is 2.36. The molecular formula is C15H16N2OS. The lowest BCUT2D eigenvalue weighted by atomic mass is 10.0. The SMILES string of the molecule is CC(NC(=O)C1CNc2ccccc21)c1cccs1. The second kappa shape index (κ2) is 5.05. The zero-order valence-corrected chi connectivity index (χ0v) is 11.5. The van der Waals surface area contributed by atoms with Crippen LogP contribution in [0.15, 0.2) is 41.8 Å². The molecule has 0 saturated carbocycles. The van der Waals surface area contributed by atoms with Crippen LogP contribution in [0.2, 0.25) is 0 Å². The first-order valence-electron chi connectivity index (χ1n) is 6.42.